The van der Waals surface area contributed by atoms with Crippen molar-refractivity contribution in [3.05, 3.63) is 23.8 Å². The van der Waals surface area contributed by atoms with Gasteiger partial charge in [-0.15, -0.1) is 0 Å². The molecule has 0 aromatic heterocycles. The number of aryl methyl sites for hydroxylation is 1. The minimum Gasteiger partial charge on any atom is -0.491 e. The van der Waals surface area contributed by atoms with E-state index in [1.807, 2.05) is 20.8 Å². The standard InChI is InChI=1S/C12H20N2O3S/c1-9(2)17-12-7-6-11(8-10(12)3)13-18(15,16)14(4)5/h6-9,13H,1-5H3. The second kappa shape index (κ2) is 5.58. The molecule has 1 N–H and O–H groups in total. The summed E-state index contributed by atoms with van der Waals surface area (Å²) in [6.45, 7) is 5.77. The Morgan fingerprint density at radius 3 is 2.33 bits per heavy atom. The van der Waals surface area contributed by atoms with Crippen LogP contribution in [-0.2, 0) is 10.2 Å². The number of benzene rings is 1. The van der Waals surface area contributed by atoms with Gasteiger partial charge in [0.25, 0.3) is 0 Å². The van der Waals surface area contributed by atoms with Gasteiger partial charge in [0.05, 0.1) is 11.8 Å². The number of ether oxygens (including phenoxy) is 1. The van der Waals surface area contributed by atoms with Crippen molar-refractivity contribution < 1.29 is 13.2 Å². The molecule has 6 heteroatoms. The minimum absolute atomic E-state index is 0.0908. The van der Waals surface area contributed by atoms with E-state index in [0.29, 0.717) is 5.69 Å². The summed E-state index contributed by atoms with van der Waals surface area (Å²) < 4.78 is 32.5. The van der Waals surface area contributed by atoms with Gasteiger partial charge in [-0.1, -0.05) is 0 Å². The highest BCUT2D eigenvalue weighted by molar-refractivity contribution is 7.90. The van der Waals surface area contributed by atoms with Gasteiger partial charge in [0, 0.05) is 14.1 Å². The maximum Gasteiger partial charge on any atom is 0.301 e. The molecule has 0 aliphatic carbocycles. The Morgan fingerprint density at radius 2 is 1.89 bits per heavy atom. The molecule has 5 nitrogen and oxygen atoms in total. The monoisotopic (exact) mass is 272 g/mol. The van der Waals surface area contributed by atoms with Crippen LogP contribution in [0.15, 0.2) is 18.2 Å². The summed E-state index contributed by atoms with van der Waals surface area (Å²) in [6, 6.07) is 5.20. The molecule has 0 bridgehead atoms. The first-order valence-corrected chi connectivity index (χ1v) is 7.14. The molecular formula is C12H20N2O3S. The average Bonchev–Trinajstić information content (AvgIpc) is 2.21. The van der Waals surface area contributed by atoms with Crippen LogP contribution in [0.3, 0.4) is 0 Å². The van der Waals surface area contributed by atoms with Gasteiger partial charge in [0.2, 0.25) is 0 Å². The number of nitrogens with zero attached hydrogens (tertiary/aromatic N) is 1. The topological polar surface area (TPSA) is 58.6 Å². The van der Waals surface area contributed by atoms with E-state index in [9.17, 15) is 8.42 Å². The van der Waals surface area contributed by atoms with E-state index in [4.69, 9.17) is 4.74 Å². The zero-order valence-electron chi connectivity index (χ0n) is 11.4. The van der Waals surface area contributed by atoms with Crippen LogP contribution in [0.4, 0.5) is 5.69 Å². The molecule has 0 radical (unpaired) electrons. The largest absolute Gasteiger partial charge is 0.491 e. The first-order chi connectivity index (χ1) is 8.22. The minimum atomic E-state index is -3.46. The summed E-state index contributed by atoms with van der Waals surface area (Å²) in [6.07, 6.45) is 0.0908. The van der Waals surface area contributed by atoms with Crippen molar-refractivity contribution in [2.45, 2.75) is 26.9 Å². The van der Waals surface area contributed by atoms with E-state index in [1.54, 1.807) is 18.2 Å². The van der Waals surface area contributed by atoms with Gasteiger partial charge in [-0.3, -0.25) is 4.72 Å². The fourth-order valence-electron chi connectivity index (χ4n) is 1.34. The van der Waals surface area contributed by atoms with Gasteiger partial charge in [0.1, 0.15) is 5.75 Å². The highest BCUT2D eigenvalue weighted by Gasteiger charge is 2.13. The van der Waals surface area contributed by atoms with Gasteiger partial charge in [-0.25, -0.2) is 0 Å². The van der Waals surface area contributed by atoms with Crippen LogP contribution in [0, 0.1) is 6.92 Å². The first-order valence-electron chi connectivity index (χ1n) is 5.70. The van der Waals surface area contributed by atoms with Crippen LogP contribution in [-0.4, -0.2) is 32.9 Å². The van der Waals surface area contributed by atoms with Crippen molar-refractivity contribution in [3.8, 4) is 5.75 Å². The van der Waals surface area contributed by atoms with E-state index in [1.165, 1.54) is 14.1 Å². The summed E-state index contributed by atoms with van der Waals surface area (Å²) >= 11 is 0. The Kier molecular flexibility index (Phi) is 4.59. The molecule has 0 amide bonds. The summed E-state index contributed by atoms with van der Waals surface area (Å²) in [5.74, 6) is 0.762. The lowest BCUT2D eigenvalue weighted by Gasteiger charge is -2.16. The molecule has 0 saturated carbocycles. The predicted octanol–water partition coefficient (Wildman–Crippen LogP) is 2.00. The molecule has 1 rings (SSSR count). The highest BCUT2D eigenvalue weighted by Crippen LogP contribution is 2.23. The SMILES string of the molecule is Cc1cc(NS(=O)(=O)N(C)C)ccc1OC(C)C. The number of hydrogen-bond donors (Lipinski definition) is 1. The third kappa shape index (κ3) is 3.89. The molecule has 0 aliphatic heterocycles. The van der Waals surface area contributed by atoms with Crippen molar-refractivity contribution in [3.63, 3.8) is 0 Å². The van der Waals surface area contributed by atoms with Crippen LogP contribution in [0.2, 0.25) is 0 Å². The Balaban J connectivity index is 2.92. The lowest BCUT2D eigenvalue weighted by Crippen LogP contribution is -2.28. The summed E-state index contributed by atoms with van der Waals surface area (Å²) in [5, 5.41) is 0. The van der Waals surface area contributed by atoms with Gasteiger partial charge in [-0.2, -0.15) is 12.7 Å². The van der Waals surface area contributed by atoms with Crippen molar-refractivity contribution in [2.75, 3.05) is 18.8 Å². The van der Waals surface area contributed by atoms with Crippen LogP contribution in [0.5, 0.6) is 5.75 Å². The second-order valence-electron chi connectivity index (χ2n) is 4.54. The molecule has 0 unspecified atom stereocenters. The fraction of sp³-hybridized carbons (Fsp3) is 0.500. The Hall–Kier alpha value is -1.27. The summed E-state index contributed by atoms with van der Waals surface area (Å²) in [5.41, 5.74) is 1.42. The molecule has 0 fully saturated rings. The molecule has 1 aromatic rings. The Bertz CT molecular complexity index is 510. The summed E-state index contributed by atoms with van der Waals surface area (Å²) in [4.78, 5) is 0. The quantitative estimate of drug-likeness (QED) is 0.892. The van der Waals surface area contributed by atoms with Gasteiger partial charge < -0.3 is 4.74 Å². The van der Waals surface area contributed by atoms with Crippen LogP contribution in [0.1, 0.15) is 19.4 Å². The number of rotatable bonds is 5. The van der Waals surface area contributed by atoms with Crippen LogP contribution >= 0.6 is 0 Å². The number of anilines is 1. The van der Waals surface area contributed by atoms with E-state index in [2.05, 4.69) is 4.72 Å². The Morgan fingerprint density at radius 1 is 1.28 bits per heavy atom. The molecule has 1 aromatic carbocycles. The second-order valence-corrected chi connectivity index (χ2v) is 6.42. The Labute approximate surface area is 109 Å². The van der Waals surface area contributed by atoms with Crippen LogP contribution < -0.4 is 9.46 Å². The van der Waals surface area contributed by atoms with E-state index in [-0.39, 0.29) is 6.10 Å². The molecular weight excluding hydrogens is 252 g/mol. The maximum atomic E-state index is 11.7. The van der Waals surface area contributed by atoms with E-state index >= 15 is 0 Å². The highest BCUT2D eigenvalue weighted by atomic mass is 32.2. The van der Waals surface area contributed by atoms with Crippen LogP contribution in [0.25, 0.3) is 0 Å². The lowest BCUT2D eigenvalue weighted by molar-refractivity contribution is 0.241. The van der Waals surface area contributed by atoms with Crippen molar-refractivity contribution in [2.24, 2.45) is 0 Å². The molecule has 0 heterocycles. The predicted molar refractivity (Wildman–Crippen MR) is 73.2 cm³/mol. The normalized spacial score (nSPS) is 11.9. The number of hydrogen-bond acceptors (Lipinski definition) is 3. The number of nitrogens with one attached hydrogen (secondary N) is 1. The molecule has 102 valence electrons. The van der Waals surface area contributed by atoms with E-state index in [0.717, 1.165) is 15.6 Å². The molecule has 0 atom stereocenters. The van der Waals surface area contributed by atoms with E-state index < -0.39 is 10.2 Å². The lowest BCUT2D eigenvalue weighted by atomic mass is 10.2. The molecule has 0 aliphatic rings. The van der Waals surface area contributed by atoms with Crippen molar-refractivity contribution in [1.82, 2.24) is 4.31 Å². The maximum absolute atomic E-state index is 11.7. The molecule has 0 saturated heterocycles. The van der Waals surface area contributed by atoms with Crippen molar-refractivity contribution in [1.29, 1.82) is 0 Å². The molecule has 0 spiro atoms. The fourth-order valence-corrected chi connectivity index (χ4v) is 1.95. The van der Waals surface area contributed by atoms with Gasteiger partial charge in [0.15, 0.2) is 0 Å². The third-order valence-corrected chi connectivity index (χ3v) is 3.72. The average molecular weight is 272 g/mol. The first kappa shape index (κ1) is 14.8. The zero-order valence-corrected chi connectivity index (χ0v) is 12.2. The van der Waals surface area contributed by atoms with Gasteiger partial charge >= 0.3 is 10.2 Å². The zero-order chi connectivity index (χ0) is 13.9. The van der Waals surface area contributed by atoms with Gasteiger partial charge in [-0.05, 0) is 44.5 Å². The third-order valence-electron chi connectivity index (χ3n) is 2.27. The summed E-state index contributed by atoms with van der Waals surface area (Å²) in [7, 11) is -0.506. The smallest absolute Gasteiger partial charge is 0.301 e. The van der Waals surface area contributed by atoms with Crippen molar-refractivity contribution >= 4 is 15.9 Å². The molecule has 18 heavy (non-hydrogen) atoms.